The molecule has 0 saturated carbocycles. The lowest BCUT2D eigenvalue weighted by Crippen LogP contribution is -2.11. The molecule has 0 aliphatic heterocycles. The predicted molar refractivity (Wildman–Crippen MR) is 73.2 cm³/mol. The molecule has 0 radical (unpaired) electrons. The first-order valence-corrected chi connectivity index (χ1v) is 6.15. The van der Waals surface area contributed by atoms with E-state index in [1.54, 1.807) is 0 Å². The van der Waals surface area contributed by atoms with E-state index in [2.05, 4.69) is 24.3 Å². The molecule has 2 heteroatoms. The van der Waals surface area contributed by atoms with Crippen LogP contribution in [0.25, 0.3) is 0 Å². The largest absolute Gasteiger partial charge is 0.370 e. The van der Waals surface area contributed by atoms with Gasteiger partial charge in [-0.2, -0.15) is 0 Å². The van der Waals surface area contributed by atoms with E-state index in [1.165, 1.54) is 16.7 Å². The number of carbonyl (C=O) groups is 1. The fourth-order valence-corrected chi connectivity index (χ4v) is 2.05. The van der Waals surface area contributed by atoms with E-state index < -0.39 is 0 Å². The van der Waals surface area contributed by atoms with Gasteiger partial charge in [-0.3, -0.25) is 4.79 Å². The highest BCUT2D eigenvalue weighted by atomic mass is 16.1. The van der Waals surface area contributed by atoms with Gasteiger partial charge >= 0.3 is 0 Å². The highest BCUT2D eigenvalue weighted by Crippen LogP contribution is 2.15. The Morgan fingerprint density at radius 1 is 0.889 bits per heavy atom. The second-order valence-electron chi connectivity index (χ2n) is 4.40. The summed E-state index contributed by atoms with van der Waals surface area (Å²) in [5, 5.41) is 0. The Morgan fingerprint density at radius 2 is 1.50 bits per heavy atom. The van der Waals surface area contributed by atoms with Crippen molar-refractivity contribution in [3.63, 3.8) is 0 Å². The SMILES string of the molecule is NC(=O)CCc1ccccc1Cc1ccccc1. The van der Waals surface area contributed by atoms with E-state index in [1.807, 2.05) is 30.3 Å². The Bertz CT molecular complexity index is 520. The van der Waals surface area contributed by atoms with Crippen LogP contribution >= 0.6 is 0 Å². The third-order valence-corrected chi connectivity index (χ3v) is 3.00. The molecular weight excluding hydrogens is 222 g/mol. The topological polar surface area (TPSA) is 43.1 Å². The Kier molecular flexibility index (Phi) is 4.13. The highest BCUT2D eigenvalue weighted by molar-refractivity contribution is 5.74. The number of hydrogen-bond acceptors (Lipinski definition) is 1. The van der Waals surface area contributed by atoms with Crippen LogP contribution < -0.4 is 5.73 Å². The smallest absolute Gasteiger partial charge is 0.217 e. The van der Waals surface area contributed by atoms with Gasteiger partial charge in [0.05, 0.1) is 0 Å². The lowest BCUT2D eigenvalue weighted by molar-refractivity contribution is -0.117. The first-order valence-electron chi connectivity index (χ1n) is 6.15. The molecule has 1 amide bonds. The Hall–Kier alpha value is -2.09. The van der Waals surface area contributed by atoms with Crippen molar-refractivity contribution in [2.24, 2.45) is 5.73 Å². The summed E-state index contributed by atoms with van der Waals surface area (Å²) in [6.45, 7) is 0. The predicted octanol–water partition coefficient (Wildman–Crippen LogP) is 2.70. The van der Waals surface area contributed by atoms with Gasteiger partial charge in [-0.15, -0.1) is 0 Å². The van der Waals surface area contributed by atoms with Crippen molar-refractivity contribution < 1.29 is 4.79 Å². The fraction of sp³-hybridized carbons (Fsp3) is 0.188. The number of rotatable bonds is 5. The van der Waals surface area contributed by atoms with Crippen molar-refractivity contribution in [1.29, 1.82) is 0 Å². The third-order valence-electron chi connectivity index (χ3n) is 3.00. The van der Waals surface area contributed by atoms with Crippen LogP contribution in [0.2, 0.25) is 0 Å². The maximum atomic E-state index is 10.9. The zero-order chi connectivity index (χ0) is 12.8. The molecule has 0 aliphatic rings. The zero-order valence-electron chi connectivity index (χ0n) is 10.3. The molecule has 2 N–H and O–H groups in total. The lowest BCUT2D eigenvalue weighted by atomic mass is 9.97. The number of aryl methyl sites for hydroxylation is 1. The van der Waals surface area contributed by atoms with Crippen LogP contribution in [0.4, 0.5) is 0 Å². The molecule has 92 valence electrons. The summed E-state index contributed by atoms with van der Waals surface area (Å²) in [6.07, 6.45) is 2.03. The first-order chi connectivity index (χ1) is 8.75. The molecule has 2 rings (SSSR count). The van der Waals surface area contributed by atoms with Crippen molar-refractivity contribution in [2.45, 2.75) is 19.3 Å². The van der Waals surface area contributed by atoms with Gasteiger partial charge in [-0.25, -0.2) is 0 Å². The second-order valence-corrected chi connectivity index (χ2v) is 4.40. The third kappa shape index (κ3) is 3.45. The van der Waals surface area contributed by atoms with Crippen LogP contribution in [0.5, 0.6) is 0 Å². The van der Waals surface area contributed by atoms with E-state index in [0.717, 1.165) is 12.8 Å². The maximum absolute atomic E-state index is 10.9. The highest BCUT2D eigenvalue weighted by Gasteiger charge is 2.04. The van der Waals surface area contributed by atoms with Crippen LogP contribution in [0.3, 0.4) is 0 Å². The second kappa shape index (κ2) is 6.01. The van der Waals surface area contributed by atoms with Crippen LogP contribution in [0, 0.1) is 0 Å². The van der Waals surface area contributed by atoms with E-state index in [4.69, 9.17) is 5.73 Å². The first kappa shape index (κ1) is 12.4. The van der Waals surface area contributed by atoms with Crippen molar-refractivity contribution in [2.75, 3.05) is 0 Å². The summed E-state index contributed by atoms with van der Waals surface area (Å²) < 4.78 is 0. The van der Waals surface area contributed by atoms with Crippen molar-refractivity contribution >= 4 is 5.91 Å². The number of benzene rings is 2. The number of amides is 1. The summed E-state index contributed by atoms with van der Waals surface area (Å²) in [6, 6.07) is 18.6. The lowest BCUT2D eigenvalue weighted by Gasteiger charge is -2.08. The molecule has 2 aromatic rings. The minimum absolute atomic E-state index is 0.246. The van der Waals surface area contributed by atoms with Crippen molar-refractivity contribution in [3.05, 3.63) is 71.3 Å². The minimum atomic E-state index is -0.246. The molecule has 0 unspecified atom stereocenters. The molecule has 0 aliphatic carbocycles. The van der Waals surface area contributed by atoms with Gasteiger partial charge in [-0.1, -0.05) is 54.6 Å². The average molecular weight is 239 g/mol. The molecule has 18 heavy (non-hydrogen) atoms. The molecule has 0 spiro atoms. The van der Waals surface area contributed by atoms with Crippen molar-refractivity contribution in [3.8, 4) is 0 Å². The van der Waals surface area contributed by atoms with E-state index >= 15 is 0 Å². The number of hydrogen-bond donors (Lipinski definition) is 1. The molecule has 0 aromatic heterocycles. The molecule has 0 atom stereocenters. The van der Waals surface area contributed by atoms with E-state index in [-0.39, 0.29) is 5.91 Å². The number of primary amides is 1. The van der Waals surface area contributed by atoms with Crippen LogP contribution in [-0.4, -0.2) is 5.91 Å². The Labute approximate surface area is 107 Å². The molecule has 2 nitrogen and oxygen atoms in total. The van der Waals surface area contributed by atoms with Gasteiger partial charge in [0.15, 0.2) is 0 Å². The summed E-state index contributed by atoms with van der Waals surface area (Å²) in [5.74, 6) is -0.246. The van der Waals surface area contributed by atoms with Gasteiger partial charge in [0.2, 0.25) is 5.91 Å². The van der Waals surface area contributed by atoms with Gasteiger partial charge in [0.1, 0.15) is 0 Å². The Balaban J connectivity index is 2.14. The minimum Gasteiger partial charge on any atom is -0.370 e. The molecule has 2 aromatic carbocycles. The van der Waals surface area contributed by atoms with E-state index in [0.29, 0.717) is 6.42 Å². The van der Waals surface area contributed by atoms with Crippen molar-refractivity contribution in [1.82, 2.24) is 0 Å². The monoisotopic (exact) mass is 239 g/mol. The van der Waals surface area contributed by atoms with Gasteiger partial charge < -0.3 is 5.73 Å². The summed E-state index contributed by atoms with van der Waals surface area (Å²) in [5.41, 5.74) is 8.96. The zero-order valence-corrected chi connectivity index (χ0v) is 10.3. The maximum Gasteiger partial charge on any atom is 0.217 e. The number of nitrogens with two attached hydrogens (primary N) is 1. The molecule has 0 saturated heterocycles. The standard InChI is InChI=1S/C16H17NO/c17-16(18)11-10-14-8-4-5-9-15(14)12-13-6-2-1-3-7-13/h1-9H,10-12H2,(H2,17,18). The van der Waals surface area contributed by atoms with Gasteiger partial charge in [-0.05, 0) is 29.5 Å². The van der Waals surface area contributed by atoms with Crippen LogP contribution in [0.1, 0.15) is 23.1 Å². The summed E-state index contributed by atoms with van der Waals surface area (Å²) in [4.78, 5) is 10.9. The molecule has 0 fully saturated rings. The number of carbonyl (C=O) groups excluding carboxylic acids is 1. The quantitative estimate of drug-likeness (QED) is 0.856. The van der Waals surface area contributed by atoms with E-state index in [9.17, 15) is 4.79 Å². The summed E-state index contributed by atoms with van der Waals surface area (Å²) in [7, 11) is 0. The Morgan fingerprint density at radius 3 is 2.17 bits per heavy atom. The summed E-state index contributed by atoms with van der Waals surface area (Å²) >= 11 is 0. The molecule has 0 heterocycles. The fourth-order valence-electron chi connectivity index (χ4n) is 2.05. The van der Waals surface area contributed by atoms with Crippen LogP contribution in [-0.2, 0) is 17.6 Å². The van der Waals surface area contributed by atoms with Gasteiger partial charge in [0, 0.05) is 6.42 Å². The van der Waals surface area contributed by atoms with Crippen LogP contribution in [0.15, 0.2) is 54.6 Å². The average Bonchev–Trinajstić information content (AvgIpc) is 2.39. The molecular formula is C16H17NO. The molecule has 0 bridgehead atoms. The normalized spacial score (nSPS) is 10.2. The van der Waals surface area contributed by atoms with Gasteiger partial charge in [0.25, 0.3) is 0 Å².